The third-order valence-electron chi connectivity index (χ3n) is 6.31. The van der Waals surface area contributed by atoms with Crippen LogP contribution in [0.3, 0.4) is 0 Å². The molecule has 0 saturated carbocycles. The van der Waals surface area contributed by atoms with Gasteiger partial charge in [0.25, 0.3) is 0 Å². The smallest absolute Gasteiger partial charge is 0.526 e. The van der Waals surface area contributed by atoms with Crippen molar-refractivity contribution in [1.82, 2.24) is 20.1 Å². The molecule has 206 valence electrons. The van der Waals surface area contributed by atoms with Gasteiger partial charge in [0.1, 0.15) is 28.5 Å². The summed E-state index contributed by atoms with van der Waals surface area (Å²) in [5.74, 6) is -5.01. The minimum Gasteiger partial charge on any atom is -0.535 e. The van der Waals surface area contributed by atoms with Crippen LogP contribution in [0.4, 0.5) is 14.3 Å². The fourth-order valence-electron chi connectivity index (χ4n) is 4.40. The van der Waals surface area contributed by atoms with Crippen molar-refractivity contribution in [1.29, 1.82) is 0 Å². The number of para-hydroxylation sites is 1. The topological polar surface area (TPSA) is 192 Å². The number of carboxylic acids is 1. The molecule has 2 aliphatic rings. The van der Waals surface area contributed by atoms with Crippen molar-refractivity contribution in [3.05, 3.63) is 39.4 Å². The van der Waals surface area contributed by atoms with Crippen LogP contribution in [0.5, 0.6) is 5.75 Å². The van der Waals surface area contributed by atoms with Crippen LogP contribution in [0.2, 0.25) is 10.2 Å². The van der Waals surface area contributed by atoms with Crippen molar-refractivity contribution >= 4 is 64.8 Å². The number of hydrogen-bond donors (Lipinski definition) is 4. The van der Waals surface area contributed by atoms with Crippen LogP contribution in [-0.2, 0) is 20.8 Å². The van der Waals surface area contributed by atoms with E-state index in [2.05, 4.69) is 10.3 Å². The molecule has 2 aliphatic heterocycles. The van der Waals surface area contributed by atoms with Gasteiger partial charge < -0.3 is 30.7 Å². The number of anilines is 1. The molecule has 1 fully saturated rings. The van der Waals surface area contributed by atoms with Gasteiger partial charge >= 0.3 is 30.9 Å². The Labute approximate surface area is 229 Å². The van der Waals surface area contributed by atoms with E-state index in [0.717, 1.165) is 16.2 Å². The van der Waals surface area contributed by atoms with Gasteiger partial charge in [-0.05, 0) is 18.1 Å². The van der Waals surface area contributed by atoms with E-state index < -0.39 is 55.3 Å². The molecule has 13 nitrogen and oxygen atoms in total. The van der Waals surface area contributed by atoms with E-state index in [4.69, 9.17) is 22.0 Å². The quantitative estimate of drug-likeness (QED) is 0.257. The van der Waals surface area contributed by atoms with E-state index in [9.17, 15) is 38.5 Å². The van der Waals surface area contributed by atoms with Gasteiger partial charge in [0.15, 0.2) is 10.9 Å². The predicted octanol–water partition coefficient (Wildman–Crippen LogP) is 0.913. The van der Waals surface area contributed by atoms with Crippen LogP contribution in [0.25, 0.3) is 0 Å². The van der Waals surface area contributed by atoms with Crippen LogP contribution in [0, 0.1) is 0 Å². The lowest BCUT2D eigenvalue weighted by molar-refractivity contribution is -0.153. The van der Waals surface area contributed by atoms with E-state index >= 15 is 0 Å². The fourth-order valence-corrected chi connectivity index (χ4v) is 5.38. The lowest BCUT2D eigenvalue weighted by Crippen LogP contribution is -2.59. The molecule has 39 heavy (non-hydrogen) atoms. The van der Waals surface area contributed by atoms with Crippen LogP contribution in [0.1, 0.15) is 34.1 Å². The van der Waals surface area contributed by atoms with Crippen molar-refractivity contribution in [3.8, 4) is 5.75 Å². The molecule has 4 amide bonds. The van der Waals surface area contributed by atoms with Crippen LogP contribution < -0.4 is 15.7 Å². The van der Waals surface area contributed by atoms with E-state index in [1.807, 2.05) is 0 Å². The van der Waals surface area contributed by atoms with Crippen molar-refractivity contribution in [2.45, 2.75) is 24.7 Å². The largest absolute Gasteiger partial charge is 0.535 e. The van der Waals surface area contributed by atoms with Gasteiger partial charge in [-0.1, -0.05) is 35.1 Å². The lowest BCUT2D eigenvalue weighted by Gasteiger charge is -2.33. The number of piperazine rings is 1. The Kier molecular flexibility index (Phi) is 8.37. The maximum absolute atomic E-state index is 13.5. The maximum Gasteiger partial charge on any atom is 0.526 e. The second kappa shape index (κ2) is 11.5. The number of urea groups is 1. The number of nitrogens with zero attached hydrogens (tertiary/aromatic N) is 3. The Balaban J connectivity index is 1.54. The average Bonchev–Trinajstić information content (AvgIpc) is 3.22. The van der Waals surface area contributed by atoms with Gasteiger partial charge in [0, 0.05) is 31.9 Å². The molecular weight excluding hydrogens is 560 g/mol. The number of halogens is 2. The zero-order chi connectivity index (χ0) is 28.4. The Bertz CT molecular complexity index is 1350. The highest BCUT2D eigenvalue weighted by Gasteiger charge is 2.42. The number of hydrogen-bond acceptors (Lipinski definition) is 10. The summed E-state index contributed by atoms with van der Waals surface area (Å²) in [5, 5.41) is 22.3. The number of thiazole rings is 1. The van der Waals surface area contributed by atoms with Gasteiger partial charge in [-0.15, -0.1) is 0 Å². The fraction of sp³-hybridized carbons (Fsp3) is 0.364. The number of imide groups is 1. The van der Waals surface area contributed by atoms with Gasteiger partial charge in [-0.25, -0.2) is 19.0 Å². The highest BCUT2D eigenvalue weighted by molar-refractivity contribution is 7.19. The van der Waals surface area contributed by atoms with Crippen molar-refractivity contribution in [2.75, 3.05) is 32.0 Å². The standard InChI is InChI=1S/C22H22BClFN5O8S/c24-17-15(27-21(26)39-17)14(28-22(36)30-7-6-29(5-4-25)18(32)19(30)33)13(31)9-11-8-10-2-1-3-12(20(34)35)16(10)38-23(11)37/h1-3,11,14,37H,4-9H2,(H2,26,27)(H,28,36)(H,34,35)/t11-,14?/m1/s1. The normalized spacial score (nSPS) is 17.9. The minimum absolute atomic E-state index is 0.00166. The number of nitrogen functional groups attached to an aromatic ring is 1. The summed E-state index contributed by atoms with van der Waals surface area (Å²) in [6.45, 7) is -1.47. The van der Waals surface area contributed by atoms with E-state index in [-0.39, 0.29) is 59.0 Å². The molecule has 1 aromatic carbocycles. The molecule has 3 heterocycles. The lowest BCUT2D eigenvalue weighted by atomic mass is 9.64. The van der Waals surface area contributed by atoms with E-state index in [1.165, 1.54) is 12.1 Å². The Morgan fingerprint density at radius 2 is 2.05 bits per heavy atom. The number of nitrogens with one attached hydrogen (secondary N) is 1. The third kappa shape index (κ3) is 5.82. The summed E-state index contributed by atoms with van der Waals surface area (Å²) < 4.78 is 18.1. The Morgan fingerprint density at radius 3 is 2.69 bits per heavy atom. The zero-order valence-electron chi connectivity index (χ0n) is 20.1. The first-order chi connectivity index (χ1) is 18.5. The zero-order valence-corrected chi connectivity index (χ0v) is 21.7. The summed E-state index contributed by atoms with van der Waals surface area (Å²) in [6.07, 6.45) is -0.283. The molecule has 1 aromatic heterocycles. The molecule has 0 spiro atoms. The van der Waals surface area contributed by atoms with Crippen LogP contribution in [0.15, 0.2) is 18.2 Å². The number of ketones is 1. The first-order valence-electron chi connectivity index (χ1n) is 11.6. The minimum atomic E-state index is -1.54. The third-order valence-corrected chi connectivity index (χ3v) is 7.43. The number of Topliss-reactive ketones (excluding diaryl/α,β-unsaturated/α-hetero) is 1. The SMILES string of the molecule is Nc1nc(C(NC(=O)N2CCN(CCF)C(=O)C2=O)C(=O)C[C@H]2Cc3cccc(C(=O)O)c3OB2O)c(Cl)s1. The van der Waals surface area contributed by atoms with Crippen LogP contribution >= 0.6 is 22.9 Å². The number of aromatic nitrogens is 1. The monoisotopic (exact) mass is 581 g/mol. The molecule has 1 saturated heterocycles. The van der Waals surface area contributed by atoms with E-state index in [0.29, 0.717) is 10.5 Å². The van der Waals surface area contributed by atoms with Gasteiger partial charge in [0.05, 0.1) is 5.56 Å². The number of carbonyl (C=O) groups excluding carboxylic acids is 4. The molecule has 0 radical (unpaired) electrons. The summed E-state index contributed by atoms with van der Waals surface area (Å²) in [4.78, 5) is 68.3. The molecule has 5 N–H and O–H groups in total. The van der Waals surface area contributed by atoms with E-state index in [1.54, 1.807) is 6.07 Å². The van der Waals surface area contributed by atoms with Crippen molar-refractivity contribution in [3.63, 3.8) is 0 Å². The summed E-state index contributed by atoms with van der Waals surface area (Å²) in [5.41, 5.74) is 5.95. The Hall–Kier alpha value is -3.76. The van der Waals surface area contributed by atoms with Crippen molar-refractivity contribution < 1.29 is 43.1 Å². The highest BCUT2D eigenvalue weighted by Crippen LogP contribution is 2.38. The molecule has 17 heteroatoms. The van der Waals surface area contributed by atoms with Crippen LogP contribution in [-0.4, -0.2) is 87.9 Å². The summed E-state index contributed by atoms with van der Waals surface area (Å²) in [7, 11) is -1.54. The number of carboxylic acid groups (broad SMARTS) is 1. The number of rotatable bonds is 8. The molecule has 0 bridgehead atoms. The molecule has 4 rings (SSSR count). The maximum atomic E-state index is 13.5. The predicted molar refractivity (Wildman–Crippen MR) is 136 cm³/mol. The number of fused-ring (bicyclic) bond motifs is 1. The average molecular weight is 582 g/mol. The summed E-state index contributed by atoms with van der Waals surface area (Å²) in [6, 6.07) is 1.85. The number of nitrogens with two attached hydrogens (primary N) is 1. The summed E-state index contributed by atoms with van der Waals surface area (Å²) >= 11 is 7.06. The second-order valence-corrected chi connectivity index (χ2v) is 10.4. The van der Waals surface area contributed by atoms with Crippen molar-refractivity contribution in [2.24, 2.45) is 0 Å². The molecular formula is C22H22BClFN5O8S. The number of aromatic carboxylic acids is 1. The number of alkyl halides is 1. The number of carbonyl (C=O) groups is 5. The number of amides is 4. The molecule has 0 aliphatic carbocycles. The molecule has 1 unspecified atom stereocenters. The van der Waals surface area contributed by atoms with Gasteiger partial charge in [-0.2, -0.15) is 0 Å². The second-order valence-electron chi connectivity index (χ2n) is 8.77. The van der Waals surface area contributed by atoms with Gasteiger partial charge in [-0.3, -0.25) is 19.3 Å². The molecule has 2 atom stereocenters. The van der Waals surface area contributed by atoms with Gasteiger partial charge in [0.2, 0.25) is 0 Å². The first kappa shape index (κ1) is 28.3. The molecule has 2 aromatic rings. The number of benzene rings is 1. The highest BCUT2D eigenvalue weighted by atomic mass is 35.5. The Morgan fingerprint density at radius 1 is 1.31 bits per heavy atom. The first-order valence-corrected chi connectivity index (χ1v) is 12.8.